The molecule has 1 heterocycles. The molecule has 0 bridgehead atoms. The summed E-state index contributed by atoms with van der Waals surface area (Å²) < 4.78 is 0. The van der Waals surface area contributed by atoms with Crippen LogP contribution >= 0.6 is 0 Å². The maximum absolute atomic E-state index is 12.1. The number of hydrazone groups is 1. The fraction of sp³-hybridized carbons (Fsp3) is 0.333. The van der Waals surface area contributed by atoms with Crippen molar-refractivity contribution in [2.45, 2.75) is 26.0 Å². The average molecular weight is 234 g/mol. The molecule has 1 aromatic carbocycles. The summed E-state index contributed by atoms with van der Waals surface area (Å²) >= 11 is 0. The molecule has 1 aliphatic heterocycles. The van der Waals surface area contributed by atoms with E-state index in [1.807, 2.05) is 0 Å². The largest absolute Gasteiger partial charge is 0.507 e. The third kappa shape index (κ3) is 2.01. The van der Waals surface area contributed by atoms with Crippen molar-refractivity contribution < 1.29 is 15.0 Å². The van der Waals surface area contributed by atoms with E-state index in [9.17, 15) is 15.0 Å². The molecular formula is C12H14N2O3. The van der Waals surface area contributed by atoms with Gasteiger partial charge in [-0.1, -0.05) is 12.1 Å². The fourth-order valence-electron chi connectivity index (χ4n) is 1.91. The minimum absolute atomic E-state index is 0.118. The highest BCUT2D eigenvalue weighted by Crippen LogP contribution is 2.28. The minimum Gasteiger partial charge on any atom is -0.507 e. The number of para-hydroxylation sites is 1. The molecule has 17 heavy (non-hydrogen) atoms. The minimum atomic E-state index is -1.33. The van der Waals surface area contributed by atoms with E-state index in [4.69, 9.17) is 0 Å². The molecule has 0 saturated heterocycles. The van der Waals surface area contributed by atoms with Crippen LogP contribution in [0.2, 0.25) is 0 Å². The van der Waals surface area contributed by atoms with Gasteiger partial charge >= 0.3 is 0 Å². The maximum atomic E-state index is 12.1. The Balaban J connectivity index is 2.36. The van der Waals surface area contributed by atoms with Crippen LogP contribution in [0.25, 0.3) is 0 Å². The first-order valence-electron chi connectivity index (χ1n) is 5.31. The van der Waals surface area contributed by atoms with Gasteiger partial charge in [0.1, 0.15) is 5.75 Å². The number of amides is 1. The van der Waals surface area contributed by atoms with E-state index in [0.29, 0.717) is 12.1 Å². The molecule has 1 amide bonds. The molecule has 1 atom stereocenters. The highest BCUT2D eigenvalue weighted by Gasteiger charge is 2.39. The second-order valence-corrected chi connectivity index (χ2v) is 4.36. The van der Waals surface area contributed by atoms with Gasteiger partial charge in [0.05, 0.1) is 5.56 Å². The standard InChI is InChI=1S/C12H14N2O3/c1-8-7-12(2,17)14(13-8)11(16)9-5-3-4-6-10(9)15/h3-6,15,17H,7H2,1-2H3/t12-/m0/s1. The zero-order valence-corrected chi connectivity index (χ0v) is 9.71. The number of hydrogen-bond acceptors (Lipinski definition) is 4. The van der Waals surface area contributed by atoms with Gasteiger partial charge in [-0.3, -0.25) is 4.79 Å². The lowest BCUT2D eigenvalue weighted by Crippen LogP contribution is -2.43. The smallest absolute Gasteiger partial charge is 0.280 e. The SMILES string of the molecule is CC1=NN(C(=O)c2ccccc2O)[C@@](C)(O)C1. The lowest BCUT2D eigenvalue weighted by Gasteiger charge is -2.27. The number of aliphatic hydroxyl groups is 1. The summed E-state index contributed by atoms with van der Waals surface area (Å²) in [5, 5.41) is 24.7. The third-order valence-electron chi connectivity index (χ3n) is 2.64. The maximum Gasteiger partial charge on any atom is 0.280 e. The molecule has 0 aromatic heterocycles. The number of nitrogens with zero attached hydrogens (tertiary/aromatic N) is 2. The predicted octanol–water partition coefficient (Wildman–Crippen LogP) is 1.32. The van der Waals surface area contributed by atoms with Crippen LogP contribution in [0.5, 0.6) is 5.75 Å². The fourth-order valence-corrected chi connectivity index (χ4v) is 1.91. The molecule has 2 N–H and O–H groups in total. The average Bonchev–Trinajstić information content (AvgIpc) is 2.51. The van der Waals surface area contributed by atoms with Gasteiger partial charge < -0.3 is 10.2 Å². The molecule has 5 heteroatoms. The van der Waals surface area contributed by atoms with Gasteiger partial charge in [0.25, 0.3) is 5.91 Å². The van der Waals surface area contributed by atoms with E-state index in [1.165, 1.54) is 19.1 Å². The van der Waals surface area contributed by atoms with Crippen molar-refractivity contribution in [3.8, 4) is 5.75 Å². The Morgan fingerprint density at radius 3 is 2.65 bits per heavy atom. The first-order chi connectivity index (χ1) is 7.92. The second-order valence-electron chi connectivity index (χ2n) is 4.36. The van der Waals surface area contributed by atoms with Crippen molar-refractivity contribution in [1.29, 1.82) is 0 Å². The zero-order chi connectivity index (χ0) is 12.6. The van der Waals surface area contributed by atoms with Crippen LogP contribution in [-0.2, 0) is 0 Å². The number of hydrogen-bond donors (Lipinski definition) is 2. The van der Waals surface area contributed by atoms with Crippen LogP contribution in [-0.4, -0.2) is 32.6 Å². The van der Waals surface area contributed by atoms with Crippen molar-refractivity contribution in [1.82, 2.24) is 5.01 Å². The molecule has 90 valence electrons. The number of phenols is 1. The van der Waals surface area contributed by atoms with E-state index in [0.717, 1.165) is 5.01 Å². The summed E-state index contributed by atoms with van der Waals surface area (Å²) in [7, 11) is 0. The Bertz CT molecular complexity index is 494. The Kier molecular flexibility index (Phi) is 2.63. The zero-order valence-electron chi connectivity index (χ0n) is 9.71. The molecule has 0 spiro atoms. The monoisotopic (exact) mass is 234 g/mol. The van der Waals surface area contributed by atoms with E-state index < -0.39 is 11.6 Å². The van der Waals surface area contributed by atoms with Gasteiger partial charge in [-0.2, -0.15) is 10.1 Å². The molecule has 0 aliphatic carbocycles. The second kappa shape index (κ2) is 3.85. The van der Waals surface area contributed by atoms with Crippen LogP contribution in [0.3, 0.4) is 0 Å². The highest BCUT2D eigenvalue weighted by atomic mass is 16.3. The molecule has 2 rings (SSSR count). The summed E-state index contributed by atoms with van der Waals surface area (Å²) in [6, 6.07) is 6.20. The Hall–Kier alpha value is -1.88. The summed E-state index contributed by atoms with van der Waals surface area (Å²) in [4.78, 5) is 12.1. The van der Waals surface area contributed by atoms with E-state index in [2.05, 4.69) is 5.10 Å². The number of carbonyl (C=O) groups is 1. The molecule has 0 radical (unpaired) electrons. The topological polar surface area (TPSA) is 73.1 Å². The van der Waals surface area contributed by atoms with Crippen LogP contribution in [0.4, 0.5) is 0 Å². The lowest BCUT2D eigenvalue weighted by molar-refractivity contribution is -0.0554. The van der Waals surface area contributed by atoms with E-state index >= 15 is 0 Å². The van der Waals surface area contributed by atoms with Crippen molar-refractivity contribution in [2.24, 2.45) is 5.10 Å². The molecule has 1 aliphatic rings. The molecule has 0 saturated carbocycles. The van der Waals surface area contributed by atoms with Gasteiger partial charge in [-0.05, 0) is 26.0 Å². The van der Waals surface area contributed by atoms with Crippen LogP contribution in [0.15, 0.2) is 29.4 Å². The van der Waals surface area contributed by atoms with Gasteiger partial charge in [-0.25, -0.2) is 0 Å². The van der Waals surface area contributed by atoms with Crippen molar-refractivity contribution >= 4 is 11.6 Å². The molecule has 0 fully saturated rings. The van der Waals surface area contributed by atoms with Gasteiger partial charge in [-0.15, -0.1) is 0 Å². The Morgan fingerprint density at radius 1 is 1.47 bits per heavy atom. The quantitative estimate of drug-likeness (QED) is 0.769. The number of phenolic OH excluding ortho intramolecular Hbond substituents is 1. The summed E-state index contributed by atoms with van der Waals surface area (Å²) in [5.74, 6) is -0.627. The van der Waals surface area contributed by atoms with Crippen LogP contribution in [0, 0.1) is 0 Å². The lowest BCUT2D eigenvalue weighted by atomic mass is 10.1. The molecule has 5 nitrogen and oxygen atoms in total. The predicted molar refractivity (Wildman–Crippen MR) is 62.6 cm³/mol. The first-order valence-corrected chi connectivity index (χ1v) is 5.31. The van der Waals surface area contributed by atoms with Crippen LogP contribution < -0.4 is 0 Å². The Labute approximate surface area is 99.0 Å². The summed E-state index contributed by atoms with van der Waals surface area (Å²) in [6.07, 6.45) is 0.312. The normalized spacial score (nSPS) is 23.7. The number of benzene rings is 1. The van der Waals surface area contributed by atoms with E-state index in [-0.39, 0.29) is 11.3 Å². The van der Waals surface area contributed by atoms with Crippen LogP contribution in [0.1, 0.15) is 30.6 Å². The molecule has 0 unspecified atom stereocenters. The molecule has 1 aromatic rings. The van der Waals surface area contributed by atoms with Gasteiger partial charge in [0, 0.05) is 12.1 Å². The van der Waals surface area contributed by atoms with Gasteiger partial charge in [0.2, 0.25) is 0 Å². The number of rotatable bonds is 1. The van der Waals surface area contributed by atoms with Gasteiger partial charge in [0.15, 0.2) is 5.72 Å². The highest BCUT2D eigenvalue weighted by molar-refractivity contribution is 5.99. The summed E-state index contributed by atoms with van der Waals surface area (Å²) in [5.41, 5.74) is -0.520. The van der Waals surface area contributed by atoms with Crippen molar-refractivity contribution in [2.75, 3.05) is 0 Å². The molecular weight excluding hydrogens is 220 g/mol. The first kappa shape index (κ1) is 11.6. The summed E-state index contributed by atoms with van der Waals surface area (Å²) in [6.45, 7) is 3.26. The van der Waals surface area contributed by atoms with Crippen molar-refractivity contribution in [3.05, 3.63) is 29.8 Å². The van der Waals surface area contributed by atoms with E-state index in [1.54, 1.807) is 19.1 Å². The Morgan fingerprint density at radius 2 is 2.12 bits per heavy atom. The number of aromatic hydroxyl groups is 1. The van der Waals surface area contributed by atoms with Crippen molar-refractivity contribution in [3.63, 3.8) is 0 Å². The number of carbonyl (C=O) groups excluding carboxylic acids is 1. The third-order valence-corrected chi connectivity index (χ3v) is 2.64.